The number of hydrogen-bond acceptors (Lipinski definition) is 3. The fourth-order valence-corrected chi connectivity index (χ4v) is 3.73. The van der Waals surface area contributed by atoms with Crippen LogP contribution in [-0.2, 0) is 11.3 Å². The third-order valence-electron chi connectivity index (χ3n) is 5.82. The van der Waals surface area contributed by atoms with E-state index in [9.17, 15) is 18.4 Å². The fraction of sp³-hybridized carbons (Fsp3) is 0.478. The molecule has 2 atom stereocenters. The summed E-state index contributed by atoms with van der Waals surface area (Å²) >= 11 is 0. The molecule has 4 rings (SSSR count). The fourth-order valence-electron chi connectivity index (χ4n) is 3.73. The van der Waals surface area contributed by atoms with Crippen molar-refractivity contribution < 1.29 is 22.8 Å². The molecule has 0 spiro atoms. The Bertz CT molecular complexity index is 938. The molecule has 1 aromatic heterocycles. The molecule has 2 fully saturated rings. The second-order valence-corrected chi connectivity index (χ2v) is 8.36. The molecule has 2 saturated carbocycles. The molecule has 2 unspecified atom stereocenters. The number of benzene rings is 1. The molecule has 2 aliphatic carbocycles. The molecule has 5 nitrogen and oxygen atoms in total. The molecule has 0 aliphatic heterocycles. The van der Waals surface area contributed by atoms with E-state index in [1.165, 1.54) is 0 Å². The average molecular weight is 416 g/mol. The first-order chi connectivity index (χ1) is 14.4. The van der Waals surface area contributed by atoms with Gasteiger partial charge in [-0.15, -0.1) is 0 Å². The summed E-state index contributed by atoms with van der Waals surface area (Å²) in [7, 11) is 0. The van der Waals surface area contributed by atoms with Crippen LogP contribution in [0, 0.1) is 17.6 Å². The Hall–Kier alpha value is -2.70. The number of nitrogens with zero attached hydrogens (tertiary/aromatic N) is 1. The van der Waals surface area contributed by atoms with Crippen molar-refractivity contribution in [3.63, 3.8) is 0 Å². The van der Waals surface area contributed by atoms with E-state index in [0.717, 1.165) is 42.9 Å². The quantitative estimate of drug-likeness (QED) is 0.617. The van der Waals surface area contributed by atoms with Gasteiger partial charge in [0.15, 0.2) is 0 Å². The van der Waals surface area contributed by atoms with E-state index in [0.29, 0.717) is 30.9 Å². The van der Waals surface area contributed by atoms with Crippen LogP contribution in [0.1, 0.15) is 66.8 Å². The van der Waals surface area contributed by atoms with Crippen LogP contribution in [0.2, 0.25) is 0 Å². The van der Waals surface area contributed by atoms with Gasteiger partial charge in [0.2, 0.25) is 5.91 Å². The first-order valence-corrected chi connectivity index (χ1v) is 10.5. The Morgan fingerprint density at radius 1 is 1.20 bits per heavy atom. The predicted molar refractivity (Wildman–Crippen MR) is 107 cm³/mol. The van der Waals surface area contributed by atoms with Crippen molar-refractivity contribution >= 4 is 11.8 Å². The first kappa shape index (κ1) is 20.6. The normalized spacial score (nSPS) is 20.1. The highest BCUT2D eigenvalue weighted by molar-refractivity contribution is 5.94. The van der Waals surface area contributed by atoms with Crippen LogP contribution in [0.25, 0.3) is 0 Å². The van der Waals surface area contributed by atoms with E-state index in [-0.39, 0.29) is 30.5 Å². The van der Waals surface area contributed by atoms with Crippen molar-refractivity contribution in [2.75, 3.05) is 6.54 Å². The van der Waals surface area contributed by atoms with Crippen LogP contribution in [0.3, 0.4) is 0 Å². The average Bonchev–Trinajstić information content (AvgIpc) is 3.63. The molecule has 2 amide bonds. The standard InChI is InChI=1S/C23H26F2N2O3/c1-14-11-19(14)21-9-7-17(30-21)13-27(16-5-6-16)22(28)3-2-10-26-23(29)18-8-4-15(24)12-20(18)25/h4,7-9,12,14,16,19H,2-3,5-6,10-11,13H2,1H3,(H,26,29). The topological polar surface area (TPSA) is 62.6 Å². The minimum absolute atomic E-state index is 0.0254. The number of furan rings is 1. The number of carbonyl (C=O) groups excluding carboxylic acids is 2. The zero-order valence-corrected chi connectivity index (χ0v) is 17.0. The van der Waals surface area contributed by atoms with Gasteiger partial charge in [-0.05, 0) is 55.9 Å². The molecule has 2 aromatic rings. The maximum absolute atomic E-state index is 13.7. The molecule has 0 saturated heterocycles. The van der Waals surface area contributed by atoms with Gasteiger partial charge >= 0.3 is 0 Å². The van der Waals surface area contributed by atoms with E-state index in [1.54, 1.807) is 0 Å². The largest absolute Gasteiger partial charge is 0.464 e. The highest BCUT2D eigenvalue weighted by atomic mass is 19.1. The number of rotatable bonds is 9. The Kier molecular flexibility index (Phi) is 5.88. The van der Waals surface area contributed by atoms with Crippen molar-refractivity contribution in [2.24, 2.45) is 5.92 Å². The number of carbonyl (C=O) groups is 2. The predicted octanol–water partition coefficient (Wildman–Crippen LogP) is 4.38. The summed E-state index contributed by atoms with van der Waals surface area (Å²) in [6, 6.07) is 7.06. The van der Waals surface area contributed by atoms with Gasteiger partial charge in [-0.2, -0.15) is 0 Å². The molecule has 1 aromatic carbocycles. The highest BCUT2D eigenvalue weighted by Gasteiger charge is 2.37. The van der Waals surface area contributed by atoms with Crippen LogP contribution in [-0.4, -0.2) is 29.3 Å². The molecule has 0 bridgehead atoms. The van der Waals surface area contributed by atoms with Gasteiger partial charge < -0.3 is 14.6 Å². The SMILES string of the molecule is CC1CC1c1ccc(CN(C(=O)CCCNC(=O)c2ccc(F)cc2F)C2CC2)o1. The van der Waals surface area contributed by atoms with Crippen LogP contribution < -0.4 is 5.32 Å². The second kappa shape index (κ2) is 8.58. The molecule has 2 aliphatic rings. The van der Waals surface area contributed by atoms with E-state index in [4.69, 9.17) is 4.42 Å². The van der Waals surface area contributed by atoms with E-state index < -0.39 is 17.5 Å². The molecular weight excluding hydrogens is 390 g/mol. The van der Waals surface area contributed by atoms with Crippen molar-refractivity contribution in [3.8, 4) is 0 Å². The molecule has 160 valence electrons. The number of hydrogen-bond donors (Lipinski definition) is 1. The van der Waals surface area contributed by atoms with Gasteiger partial charge in [0.1, 0.15) is 23.2 Å². The van der Waals surface area contributed by atoms with Gasteiger partial charge in [-0.1, -0.05) is 6.92 Å². The molecule has 1 N–H and O–H groups in total. The lowest BCUT2D eigenvalue weighted by atomic mass is 10.2. The summed E-state index contributed by atoms with van der Waals surface area (Å²) < 4.78 is 32.6. The van der Waals surface area contributed by atoms with E-state index >= 15 is 0 Å². The summed E-state index contributed by atoms with van der Waals surface area (Å²) in [5.41, 5.74) is -0.207. The molecular formula is C23H26F2N2O3. The maximum atomic E-state index is 13.7. The van der Waals surface area contributed by atoms with Gasteiger partial charge in [0, 0.05) is 31.0 Å². The van der Waals surface area contributed by atoms with Gasteiger partial charge in [-0.3, -0.25) is 9.59 Å². The lowest BCUT2D eigenvalue weighted by molar-refractivity contribution is -0.132. The molecule has 30 heavy (non-hydrogen) atoms. The van der Waals surface area contributed by atoms with E-state index in [1.807, 2.05) is 17.0 Å². The maximum Gasteiger partial charge on any atom is 0.254 e. The van der Waals surface area contributed by atoms with Crippen molar-refractivity contribution in [3.05, 3.63) is 59.1 Å². The van der Waals surface area contributed by atoms with Crippen LogP contribution in [0.15, 0.2) is 34.7 Å². The Balaban J connectivity index is 1.24. The first-order valence-electron chi connectivity index (χ1n) is 10.5. The molecule has 1 heterocycles. The third-order valence-corrected chi connectivity index (χ3v) is 5.82. The highest BCUT2D eigenvalue weighted by Crippen LogP contribution is 2.47. The summed E-state index contributed by atoms with van der Waals surface area (Å²) in [5.74, 6) is 0.781. The second-order valence-electron chi connectivity index (χ2n) is 8.36. The van der Waals surface area contributed by atoms with E-state index in [2.05, 4.69) is 12.2 Å². The smallest absolute Gasteiger partial charge is 0.254 e. The van der Waals surface area contributed by atoms with Gasteiger partial charge in [0.25, 0.3) is 5.91 Å². The zero-order valence-electron chi connectivity index (χ0n) is 17.0. The van der Waals surface area contributed by atoms with Crippen LogP contribution >= 0.6 is 0 Å². The minimum Gasteiger partial charge on any atom is -0.464 e. The third kappa shape index (κ3) is 4.89. The van der Waals surface area contributed by atoms with Crippen LogP contribution in [0.4, 0.5) is 8.78 Å². The number of nitrogens with one attached hydrogen (secondary N) is 1. The number of amides is 2. The molecule has 7 heteroatoms. The lowest BCUT2D eigenvalue weighted by Gasteiger charge is -2.21. The Morgan fingerprint density at radius 2 is 1.97 bits per heavy atom. The number of halogens is 2. The minimum atomic E-state index is -0.901. The summed E-state index contributed by atoms with van der Waals surface area (Å²) in [6.07, 6.45) is 3.89. The van der Waals surface area contributed by atoms with Crippen molar-refractivity contribution in [2.45, 2.75) is 57.5 Å². The van der Waals surface area contributed by atoms with Gasteiger partial charge in [0.05, 0.1) is 12.1 Å². The Morgan fingerprint density at radius 3 is 2.63 bits per heavy atom. The monoisotopic (exact) mass is 416 g/mol. The summed E-state index contributed by atoms with van der Waals surface area (Å²) in [4.78, 5) is 26.6. The summed E-state index contributed by atoms with van der Waals surface area (Å²) in [5, 5.41) is 2.58. The Labute approximate surface area is 174 Å². The lowest BCUT2D eigenvalue weighted by Crippen LogP contribution is -2.33. The zero-order chi connectivity index (χ0) is 21.3. The van der Waals surface area contributed by atoms with Crippen molar-refractivity contribution in [1.29, 1.82) is 0 Å². The van der Waals surface area contributed by atoms with Gasteiger partial charge in [-0.25, -0.2) is 8.78 Å². The summed E-state index contributed by atoms with van der Waals surface area (Å²) in [6.45, 7) is 2.91. The van der Waals surface area contributed by atoms with Crippen LogP contribution in [0.5, 0.6) is 0 Å². The van der Waals surface area contributed by atoms with Crippen molar-refractivity contribution in [1.82, 2.24) is 10.2 Å². The molecule has 0 radical (unpaired) electrons.